The molecule has 4 fully saturated rings. The summed E-state index contributed by atoms with van der Waals surface area (Å²) in [5, 5.41) is 11.4. The van der Waals surface area contributed by atoms with Crippen LogP contribution in [0.1, 0.15) is 58.2 Å². The maximum atomic E-state index is 15.0. The van der Waals surface area contributed by atoms with Gasteiger partial charge in [0.15, 0.2) is 5.82 Å². The molecule has 1 N–H and O–H groups in total. The Morgan fingerprint density at radius 2 is 1.68 bits per heavy atom. The Labute approximate surface area is 295 Å². The van der Waals surface area contributed by atoms with E-state index in [1.165, 1.54) is 18.2 Å². The Morgan fingerprint density at radius 3 is 2.36 bits per heavy atom. The predicted molar refractivity (Wildman–Crippen MR) is 192 cm³/mol. The number of nitrogens with zero attached hydrogens (tertiary/aromatic N) is 5. The lowest BCUT2D eigenvalue weighted by Gasteiger charge is -2.52. The fourth-order valence-corrected chi connectivity index (χ4v) is 8.55. The van der Waals surface area contributed by atoms with Crippen LogP contribution in [0.25, 0.3) is 10.9 Å². The third kappa shape index (κ3) is 8.58. The van der Waals surface area contributed by atoms with Crippen LogP contribution in [-0.2, 0) is 10.5 Å². The van der Waals surface area contributed by atoms with Gasteiger partial charge in [0, 0.05) is 74.9 Å². The van der Waals surface area contributed by atoms with Crippen LogP contribution in [0.3, 0.4) is 0 Å². The number of nitrogens with one attached hydrogen (secondary N) is 1. The van der Waals surface area contributed by atoms with E-state index >= 15 is 0 Å². The first-order chi connectivity index (χ1) is 24.3. The lowest BCUT2D eigenvalue weighted by Crippen LogP contribution is -2.64. The van der Waals surface area contributed by atoms with Gasteiger partial charge in [-0.15, -0.1) is 0 Å². The summed E-state index contributed by atoms with van der Waals surface area (Å²) >= 11 is 1.75. The minimum absolute atomic E-state index is 0.0334. The average Bonchev–Trinajstić information content (AvgIpc) is 3.11. The van der Waals surface area contributed by atoms with E-state index in [4.69, 9.17) is 9.47 Å². The number of hydrogen-bond donors (Lipinski definition) is 1. The van der Waals surface area contributed by atoms with Crippen molar-refractivity contribution in [2.75, 3.05) is 64.0 Å². The second-order valence-corrected chi connectivity index (χ2v) is 14.7. The van der Waals surface area contributed by atoms with E-state index in [1.54, 1.807) is 17.8 Å². The maximum absolute atomic E-state index is 15.0. The van der Waals surface area contributed by atoms with Crippen molar-refractivity contribution in [3.8, 4) is 5.75 Å². The number of hydrogen-bond acceptors (Lipinski definition) is 10. The summed E-state index contributed by atoms with van der Waals surface area (Å²) in [6.07, 6.45) is 5.86. The number of nitro groups is 1. The Kier molecular flexibility index (Phi) is 12.2. The lowest BCUT2D eigenvalue weighted by atomic mass is 9.92. The fraction of sp³-hybridized carbons (Fsp3) is 0.611. The number of benzene rings is 2. The number of likely N-dealkylation sites (tertiary alicyclic amines) is 2. The summed E-state index contributed by atoms with van der Waals surface area (Å²) in [6, 6.07) is 7.88. The third-order valence-corrected chi connectivity index (χ3v) is 11.8. The molecule has 272 valence electrons. The molecule has 2 aromatic carbocycles. The molecule has 14 heteroatoms. The van der Waals surface area contributed by atoms with Crippen molar-refractivity contribution in [2.45, 2.75) is 75.5 Å². The maximum Gasteiger partial charge on any atom is 0.272 e. The molecule has 0 aliphatic carbocycles. The van der Waals surface area contributed by atoms with Gasteiger partial charge in [-0.25, -0.2) is 13.8 Å². The van der Waals surface area contributed by atoms with Gasteiger partial charge in [0.25, 0.3) is 11.2 Å². The number of fused-ring (bicyclic) bond motifs is 1. The highest BCUT2D eigenvalue weighted by Crippen LogP contribution is 2.32. The number of nitro benzene ring substituents is 1. The zero-order valence-corrected chi connectivity index (χ0v) is 29.8. The fourth-order valence-electron chi connectivity index (χ4n) is 7.49. The van der Waals surface area contributed by atoms with E-state index < -0.39 is 22.1 Å². The average molecular weight is 715 g/mol. The Morgan fingerprint density at radius 1 is 0.960 bits per heavy atom. The standard InChI is InChI=1S/C34H42F2N6O5S.C2H6/c35-28-15-24(42(44)45)1-2-31(28)40-11-5-23(6-12-40)41-18-25(19-41)39-9-3-22(4-10-39)20-47-26-16-29(36)33-30(17-26)37-32(38-34(33)43)21-48-27-7-13-46-14-8-27;1-2/h1-2,15-17,22-23,25,27H,3-14,18-21H2,(H,37,38,43);1-2H3. The number of halogens is 2. The first kappa shape index (κ1) is 36.5. The Bertz CT molecular complexity index is 1670. The second kappa shape index (κ2) is 16.8. The highest BCUT2D eigenvalue weighted by molar-refractivity contribution is 7.99. The zero-order chi connectivity index (χ0) is 35.2. The number of rotatable bonds is 10. The molecule has 3 aromatic rings. The topological polar surface area (TPSA) is 117 Å². The number of H-pyrrole nitrogens is 1. The molecule has 4 aliphatic rings. The normalized spacial score (nSPS) is 20.4. The first-order valence-corrected chi connectivity index (χ1v) is 19.1. The van der Waals surface area contributed by atoms with Crippen molar-refractivity contribution in [3.05, 3.63) is 68.3 Å². The molecule has 7 rings (SSSR count). The first-order valence-electron chi connectivity index (χ1n) is 18.0. The van der Waals surface area contributed by atoms with Gasteiger partial charge in [-0.05, 0) is 63.6 Å². The quantitative estimate of drug-likeness (QED) is 0.198. The molecule has 0 amide bonds. The summed E-state index contributed by atoms with van der Waals surface area (Å²) in [6.45, 7) is 11.6. The second-order valence-electron chi connectivity index (χ2n) is 13.4. The van der Waals surface area contributed by atoms with Gasteiger partial charge in [-0.3, -0.25) is 24.7 Å². The number of non-ortho nitro benzene ring substituents is 1. The van der Waals surface area contributed by atoms with Crippen LogP contribution in [0.15, 0.2) is 35.1 Å². The van der Waals surface area contributed by atoms with E-state index in [0.717, 1.165) is 97.1 Å². The molecule has 11 nitrogen and oxygen atoms in total. The summed E-state index contributed by atoms with van der Waals surface area (Å²) < 4.78 is 41.0. The van der Waals surface area contributed by atoms with Crippen molar-refractivity contribution >= 4 is 34.0 Å². The number of aromatic nitrogens is 2. The van der Waals surface area contributed by atoms with E-state index in [9.17, 15) is 23.7 Å². The van der Waals surface area contributed by atoms with Crippen molar-refractivity contribution in [1.29, 1.82) is 0 Å². The summed E-state index contributed by atoms with van der Waals surface area (Å²) in [5.74, 6) is 0.729. The molecule has 4 aliphatic heterocycles. The minimum Gasteiger partial charge on any atom is -0.493 e. The molecule has 50 heavy (non-hydrogen) atoms. The molecule has 4 saturated heterocycles. The van der Waals surface area contributed by atoms with Gasteiger partial charge in [-0.1, -0.05) is 13.8 Å². The molecule has 5 heterocycles. The summed E-state index contributed by atoms with van der Waals surface area (Å²) in [4.78, 5) is 37.5. The number of piperidine rings is 2. The summed E-state index contributed by atoms with van der Waals surface area (Å²) in [5.41, 5.74) is 0.0763. The lowest BCUT2D eigenvalue weighted by molar-refractivity contribution is -0.385. The van der Waals surface area contributed by atoms with Gasteiger partial charge in [0.1, 0.15) is 22.8 Å². The van der Waals surface area contributed by atoms with Crippen LogP contribution in [0.4, 0.5) is 20.2 Å². The van der Waals surface area contributed by atoms with E-state index in [2.05, 4.69) is 19.8 Å². The van der Waals surface area contributed by atoms with Crippen molar-refractivity contribution in [3.63, 3.8) is 0 Å². The number of anilines is 1. The van der Waals surface area contributed by atoms with Crippen molar-refractivity contribution in [1.82, 2.24) is 19.8 Å². The zero-order valence-electron chi connectivity index (χ0n) is 29.0. The van der Waals surface area contributed by atoms with Gasteiger partial charge >= 0.3 is 0 Å². The van der Waals surface area contributed by atoms with Crippen LogP contribution < -0.4 is 15.2 Å². The largest absolute Gasteiger partial charge is 0.493 e. The Balaban J connectivity index is 0.00000212. The molecule has 0 unspecified atom stereocenters. The highest BCUT2D eigenvalue weighted by atomic mass is 32.2. The van der Waals surface area contributed by atoms with Crippen LogP contribution in [0.2, 0.25) is 0 Å². The molecule has 0 bridgehead atoms. The van der Waals surface area contributed by atoms with Crippen LogP contribution >= 0.6 is 11.8 Å². The number of thioether (sulfide) groups is 1. The molecule has 0 spiro atoms. The molecule has 0 saturated carbocycles. The van der Waals surface area contributed by atoms with Crippen LogP contribution in [-0.4, -0.2) is 101 Å². The van der Waals surface area contributed by atoms with Gasteiger partial charge in [-0.2, -0.15) is 11.8 Å². The third-order valence-electron chi connectivity index (χ3n) is 10.4. The summed E-state index contributed by atoms with van der Waals surface area (Å²) in [7, 11) is 0. The van der Waals surface area contributed by atoms with E-state index in [0.29, 0.717) is 58.4 Å². The SMILES string of the molecule is CC.O=c1[nH]c(CSC2CCOCC2)nc2cc(OCC3CCN(C4CN(C5CCN(c6ccc([N+](=O)[O-])cc6F)CC5)C4)CC3)cc(F)c12. The minimum atomic E-state index is -0.617. The molecule has 1 aromatic heterocycles. The molecule has 0 atom stereocenters. The monoisotopic (exact) mass is 714 g/mol. The van der Waals surface area contributed by atoms with Crippen molar-refractivity contribution < 1.29 is 23.2 Å². The Hall–Kier alpha value is -3.33. The molecular formula is C36H48F2N6O5S. The molecule has 0 radical (unpaired) electrons. The van der Waals surface area contributed by atoms with Gasteiger partial charge in [0.2, 0.25) is 0 Å². The highest BCUT2D eigenvalue weighted by Gasteiger charge is 2.38. The smallest absolute Gasteiger partial charge is 0.272 e. The van der Waals surface area contributed by atoms with Gasteiger partial charge in [0.05, 0.1) is 34.6 Å². The van der Waals surface area contributed by atoms with E-state index in [-0.39, 0.29) is 11.1 Å². The van der Waals surface area contributed by atoms with Crippen LogP contribution in [0.5, 0.6) is 5.75 Å². The van der Waals surface area contributed by atoms with Crippen LogP contribution in [0, 0.1) is 27.7 Å². The van der Waals surface area contributed by atoms with Crippen molar-refractivity contribution in [2.24, 2.45) is 5.92 Å². The number of ether oxygens (including phenoxy) is 2. The van der Waals surface area contributed by atoms with Gasteiger partial charge < -0.3 is 19.4 Å². The molecular weight excluding hydrogens is 666 g/mol. The van der Waals surface area contributed by atoms with E-state index in [1.807, 2.05) is 18.7 Å². The number of aromatic amines is 1. The predicted octanol–water partition coefficient (Wildman–Crippen LogP) is 5.99.